The third kappa shape index (κ3) is 4.29. The Bertz CT molecular complexity index is 432. The molecule has 2 aliphatic heterocycles. The summed E-state index contributed by atoms with van der Waals surface area (Å²) in [5, 5.41) is 0. The molecule has 122 valence electrons. The molecule has 3 rings (SSSR count). The maximum Gasteiger partial charge on any atom is 0.0952 e. The molecule has 0 unspecified atom stereocenters. The van der Waals surface area contributed by atoms with Crippen LogP contribution in [-0.2, 0) is 9.47 Å². The van der Waals surface area contributed by atoms with Gasteiger partial charge in [-0.25, -0.2) is 0 Å². The van der Waals surface area contributed by atoms with Crippen LogP contribution in [0.25, 0.3) is 0 Å². The van der Waals surface area contributed by atoms with Crippen molar-refractivity contribution >= 4 is 0 Å². The highest BCUT2D eigenvalue weighted by Gasteiger charge is 2.27. The summed E-state index contributed by atoms with van der Waals surface area (Å²) in [5.74, 6) is 0. The summed E-state index contributed by atoms with van der Waals surface area (Å²) in [6, 6.07) is 11.1. The van der Waals surface area contributed by atoms with Gasteiger partial charge in [-0.05, 0) is 18.9 Å². The summed E-state index contributed by atoms with van der Waals surface area (Å²) in [6.07, 6.45) is 1.37. The number of benzene rings is 1. The molecule has 0 spiro atoms. The first-order chi connectivity index (χ1) is 10.8. The quantitative estimate of drug-likeness (QED) is 0.851. The van der Waals surface area contributed by atoms with Gasteiger partial charge in [0, 0.05) is 45.4 Å². The van der Waals surface area contributed by atoms with Crippen molar-refractivity contribution in [3.05, 3.63) is 35.9 Å². The topological polar surface area (TPSA) is 24.9 Å². The summed E-state index contributed by atoms with van der Waals surface area (Å²) in [4.78, 5) is 5.11. The molecule has 22 heavy (non-hydrogen) atoms. The molecule has 0 aliphatic carbocycles. The van der Waals surface area contributed by atoms with E-state index in [1.54, 1.807) is 0 Å². The molecule has 2 saturated heterocycles. The van der Waals surface area contributed by atoms with Gasteiger partial charge in [0.15, 0.2) is 0 Å². The van der Waals surface area contributed by atoms with Gasteiger partial charge in [0.25, 0.3) is 0 Å². The Balaban J connectivity index is 1.53. The average molecular weight is 304 g/mol. The lowest BCUT2D eigenvalue weighted by Gasteiger charge is -2.39. The predicted molar refractivity (Wildman–Crippen MR) is 88.0 cm³/mol. The first kappa shape index (κ1) is 15.9. The molecular formula is C18H28N2O2. The van der Waals surface area contributed by atoms with Gasteiger partial charge in [0.2, 0.25) is 0 Å². The van der Waals surface area contributed by atoms with Gasteiger partial charge < -0.3 is 9.47 Å². The van der Waals surface area contributed by atoms with E-state index >= 15 is 0 Å². The number of ether oxygens (including phenoxy) is 2. The van der Waals surface area contributed by atoms with E-state index in [1.165, 1.54) is 12.1 Å². The molecule has 4 heteroatoms. The van der Waals surface area contributed by atoms with E-state index in [4.69, 9.17) is 9.47 Å². The number of morpholine rings is 1. The van der Waals surface area contributed by atoms with Gasteiger partial charge in [-0.15, -0.1) is 0 Å². The van der Waals surface area contributed by atoms with Gasteiger partial charge in [-0.3, -0.25) is 9.80 Å². The molecule has 0 bridgehead atoms. The van der Waals surface area contributed by atoms with Crippen LogP contribution in [0.3, 0.4) is 0 Å². The molecule has 4 nitrogen and oxygen atoms in total. The van der Waals surface area contributed by atoms with E-state index < -0.39 is 0 Å². The predicted octanol–water partition coefficient (Wildman–Crippen LogP) is 2.17. The van der Waals surface area contributed by atoms with E-state index in [0.717, 1.165) is 52.4 Å². The molecule has 2 atom stereocenters. The van der Waals surface area contributed by atoms with E-state index in [2.05, 4.69) is 47.1 Å². The van der Waals surface area contributed by atoms with Crippen LogP contribution in [0.15, 0.2) is 30.3 Å². The molecule has 2 fully saturated rings. The van der Waals surface area contributed by atoms with Crippen LogP contribution in [0.2, 0.25) is 0 Å². The first-order valence-corrected chi connectivity index (χ1v) is 8.53. The normalized spacial score (nSPS) is 28.4. The molecule has 0 saturated carbocycles. The zero-order chi connectivity index (χ0) is 15.2. The number of rotatable bonds is 4. The van der Waals surface area contributed by atoms with Crippen LogP contribution in [0, 0.1) is 0 Å². The molecule has 0 N–H and O–H groups in total. The Hall–Kier alpha value is -0.940. The summed E-state index contributed by atoms with van der Waals surface area (Å²) in [7, 11) is 0. The van der Waals surface area contributed by atoms with Crippen LogP contribution in [-0.4, -0.2) is 68.4 Å². The fourth-order valence-corrected chi connectivity index (χ4v) is 3.28. The van der Waals surface area contributed by atoms with Crippen LogP contribution < -0.4 is 0 Å². The van der Waals surface area contributed by atoms with E-state index in [0.29, 0.717) is 6.04 Å². The lowest BCUT2D eigenvalue weighted by Crippen LogP contribution is -2.48. The lowest BCUT2D eigenvalue weighted by atomic mass is 10.1. The molecule has 0 aromatic heterocycles. The van der Waals surface area contributed by atoms with Crippen molar-refractivity contribution in [3.8, 4) is 0 Å². The largest absolute Gasteiger partial charge is 0.380 e. The Kier molecular flexibility index (Phi) is 5.84. The zero-order valence-corrected chi connectivity index (χ0v) is 13.6. The highest BCUT2D eigenvalue weighted by molar-refractivity contribution is 5.18. The third-order valence-electron chi connectivity index (χ3n) is 4.75. The highest BCUT2D eigenvalue weighted by atomic mass is 16.5. The fraction of sp³-hybridized carbons (Fsp3) is 0.667. The van der Waals surface area contributed by atoms with Crippen molar-refractivity contribution < 1.29 is 9.47 Å². The standard InChI is InChI=1S/C18H28N2O2/c1-16-15-22-18(17-6-3-2-4-7-17)14-20(16)10-9-19-8-5-12-21-13-11-19/h2-4,6-7,16,18H,5,8-15H2,1H3/t16-,18-/m1/s1. The second-order valence-corrected chi connectivity index (χ2v) is 6.38. The van der Waals surface area contributed by atoms with Crippen LogP contribution in [0.5, 0.6) is 0 Å². The molecule has 2 heterocycles. The van der Waals surface area contributed by atoms with Crippen molar-refractivity contribution in [2.75, 3.05) is 52.5 Å². The summed E-state index contributed by atoms with van der Waals surface area (Å²) >= 11 is 0. The highest BCUT2D eigenvalue weighted by Crippen LogP contribution is 2.24. The Morgan fingerprint density at radius 2 is 1.95 bits per heavy atom. The van der Waals surface area contributed by atoms with Crippen LogP contribution in [0.4, 0.5) is 0 Å². The molecule has 1 aromatic rings. The summed E-state index contributed by atoms with van der Waals surface area (Å²) < 4.78 is 11.6. The Labute approximate surface area is 134 Å². The summed E-state index contributed by atoms with van der Waals surface area (Å²) in [5.41, 5.74) is 1.29. The number of nitrogens with zero attached hydrogens (tertiary/aromatic N) is 2. The maximum atomic E-state index is 6.04. The molecular weight excluding hydrogens is 276 g/mol. The van der Waals surface area contributed by atoms with Gasteiger partial charge in [0.05, 0.1) is 19.3 Å². The fourth-order valence-electron chi connectivity index (χ4n) is 3.28. The van der Waals surface area contributed by atoms with Gasteiger partial charge >= 0.3 is 0 Å². The minimum atomic E-state index is 0.213. The van der Waals surface area contributed by atoms with Crippen molar-refractivity contribution in [3.63, 3.8) is 0 Å². The van der Waals surface area contributed by atoms with Crippen molar-refractivity contribution in [2.45, 2.75) is 25.5 Å². The minimum Gasteiger partial charge on any atom is -0.380 e. The van der Waals surface area contributed by atoms with Gasteiger partial charge in [0.1, 0.15) is 0 Å². The summed E-state index contributed by atoms with van der Waals surface area (Å²) in [6.45, 7) is 10.4. The average Bonchev–Trinajstić information content (AvgIpc) is 2.84. The first-order valence-electron chi connectivity index (χ1n) is 8.53. The Morgan fingerprint density at radius 3 is 2.82 bits per heavy atom. The lowest BCUT2D eigenvalue weighted by molar-refractivity contribution is -0.0619. The SMILES string of the molecule is C[C@@H]1CO[C@@H](c2ccccc2)CN1CCN1CCCOCC1. The van der Waals surface area contributed by atoms with Crippen molar-refractivity contribution in [1.29, 1.82) is 0 Å². The third-order valence-corrected chi connectivity index (χ3v) is 4.75. The zero-order valence-electron chi connectivity index (χ0n) is 13.6. The van der Waals surface area contributed by atoms with Crippen LogP contribution in [0.1, 0.15) is 25.0 Å². The van der Waals surface area contributed by atoms with Crippen molar-refractivity contribution in [2.24, 2.45) is 0 Å². The Morgan fingerprint density at radius 1 is 1.09 bits per heavy atom. The van der Waals surface area contributed by atoms with E-state index in [9.17, 15) is 0 Å². The van der Waals surface area contributed by atoms with E-state index in [-0.39, 0.29) is 6.10 Å². The number of hydrogen-bond acceptors (Lipinski definition) is 4. The smallest absolute Gasteiger partial charge is 0.0952 e. The molecule has 0 amide bonds. The van der Waals surface area contributed by atoms with E-state index in [1.807, 2.05) is 0 Å². The maximum absolute atomic E-state index is 6.04. The second kappa shape index (κ2) is 8.06. The second-order valence-electron chi connectivity index (χ2n) is 6.38. The van der Waals surface area contributed by atoms with Crippen molar-refractivity contribution in [1.82, 2.24) is 9.80 Å². The van der Waals surface area contributed by atoms with Crippen LogP contribution >= 0.6 is 0 Å². The number of hydrogen-bond donors (Lipinski definition) is 0. The molecule has 0 radical (unpaired) electrons. The van der Waals surface area contributed by atoms with Gasteiger partial charge in [-0.2, -0.15) is 0 Å². The van der Waals surface area contributed by atoms with Gasteiger partial charge in [-0.1, -0.05) is 30.3 Å². The molecule has 1 aromatic carbocycles. The minimum absolute atomic E-state index is 0.213. The monoisotopic (exact) mass is 304 g/mol. The molecule has 2 aliphatic rings.